The van der Waals surface area contributed by atoms with E-state index in [1.807, 2.05) is 4.57 Å². The summed E-state index contributed by atoms with van der Waals surface area (Å²) in [7, 11) is 0. The van der Waals surface area contributed by atoms with Crippen LogP contribution in [0.3, 0.4) is 0 Å². The van der Waals surface area contributed by atoms with E-state index in [2.05, 4.69) is 49.8 Å². The lowest BCUT2D eigenvalue weighted by molar-refractivity contribution is 0.125. The van der Waals surface area contributed by atoms with Crippen LogP contribution >= 0.6 is 0 Å². The molecule has 5 rings (SSSR count). The maximum atomic E-state index is 13.3. The first kappa shape index (κ1) is 22.7. The Kier molecular flexibility index (Phi) is 6.99. The van der Waals surface area contributed by atoms with E-state index in [1.165, 1.54) is 23.1 Å². The van der Waals surface area contributed by atoms with Crippen LogP contribution in [-0.2, 0) is 6.42 Å². The van der Waals surface area contributed by atoms with Crippen molar-refractivity contribution < 1.29 is 9.50 Å². The van der Waals surface area contributed by atoms with Crippen molar-refractivity contribution in [1.82, 2.24) is 30.0 Å². The van der Waals surface area contributed by atoms with Crippen molar-refractivity contribution in [3.63, 3.8) is 0 Å². The third kappa shape index (κ3) is 5.04. The highest BCUT2D eigenvalue weighted by molar-refractivity contribution is 5.85. The van der Waals surface area contributed by atoms with E-state index < -0.39 is 0 Å². The molecule has 0 bridgehead atoms. The quantitative estimate of drug-likeness (QED) is 0.356. The number of fused-ring (bicyclic) bond motifs is 1. The summed E-state index contributed by atoms with van der Waals surface area (Å²) in [6.45, 7) is 3.70. The minimum atomic E-state index is -0.244. The second-order valence-electron chi connectivity index (χ2n) is 9.09. The number of hydrogen-bond acceptors (Lipinski definition) is 5. The van der Waals surface area contributed by atoms with Gasteiger partial charge in [-0.3, -0.25) is 9.47 Å². The number of aryl methyl sites for hydroxylation is 1. The molecule has 4 aromatic rings. The van der Waals surface area contributed by atoms with Crippen LogP contribution in [0.15, 0.2) is 61.3 Å². The molecule has 1 aliphatic heterocycles. The molecule has 0 amide bonds. The van der Waals surface area contributed by atoms with Gasteiger partial charge in [0.25, 0.3) is 0 Å². The summed E-state index contributed by atoms with van der Waals surface area (Å²) in [6.07, 6.45) is 8.69. The second kappa shape index (κ2) is 10.5. The van der Waals surface area contributed by atoms with Crippen molar-refractivity contribution in [1.29, 1.82) is 0 Å². The number of H-pyrrole nitrogens is 1. The number of nitrogens with zero attached hydrogens (tertiary/aromatic N) is 4. The Morgan fingerprint density at radius 3 is 2.74 bits per heavy atom. The van der Waals surface area contributed by atoms with Crippen molar-refractivity contribution in [2.45, 2.75) is 31.2 Å². The van der Waals surface area contributed by atoms with Gasteiger partial charge in [0.15, 0.2) is 0 Å². The van der Waals surface area contributed by atoms with Gasteiger partial charge in [0, 0.05) is 60.9 Å². The van der Waals surface area contributed by atoms with Crippen LogP contribution in [0.5, 0.6) is 0 Å². The molecule has 2 unspecified atom stereocenters. The maximum absolute atomic E-state index is 13.3. The predicted molar refractivity (Wildman–Crippen MR) is 131 cm³/mol. The highest BCUT2D eigenvalue weighted by atomic mass is 19.1. The topological polar surface area (TPSA) is 82.0 Å². The molecule has 0 spiro atoms. The van der Waals surface area contributed by atoms with Crippen LogP contribution in [0, 0.1) is 5.82 Å². The molecule has 0 saturated carbocycles. The summed E-state index contributed by atoms with van der Waals surface area (Å²) in [6, 6.07) is 13.3. The maximum Gasteiger partial charge on any atom is 0.123 e. The van der Waals surface area contributed by atoms with Gasteiger partial charge in [-0.15, -0.1) is 10.2 Å². The molecule has 3 heterocycles. The van der Waals surface area contributed by atoms with Crippen molar-refractivity contribution in [3.05, 3.63) is 78.3 Å². The molecule has 178 valence electrons. The zero-order valence-corrected chi connectivity index (χ0v) is 19.2. The van der Waals surface area contributed by atoms with E-state index in [9.17, 15) is 9.50 Å². The molecule has 7 nitrogen and oxygen atoms in total. The van der Waals surface area contributed by atoms with Gasteiger partial charge < -0.3 is 15.4 Å². The molecule has 1 fully saturated rings. The summed E-state index contributed by atoms with van der Waals surface area (Å²) in [4.78, 5) is 5.88. The van der Waals surface area contributed by atoms with E-state index >= 15 is 0 Å². The number of benzene rings is 2. The lowest BCUT2D eigenvalue weighted by atomic mass is 9.96. The SMILES string of the molecule is OCC(CN1CCNCC1CCCc1c[nH]c2ccc(-n3cnnc3)cc12)c1ccc(F)cc1. The Balaban J connectivity index is 1.23. The summed E-state index contributed by atoms with van der Waals surface area (Å²) in [5.74, 6) is -0.252. The van der Waals surface area contributed by atoms with Crippen LogP contribution in [0.25, 0.3) is 16.6 Å². The molecule has 1 saturated heterocycles. The predicted octanol–water partition coefficient (Wildman–Crippen LogP) is 3.26. The average molecular weight is 463 g/mol. The van der Waals surface area contributed by atoms with Gasteiger partial charge in [0.05, 0.1) is 6.61 Å². The third-order valence-corrected chi connectivity index (χ3v) is 6.94. The standard InChI is InChI=1S/C26H31FN6O/c27-22-6-4-19(5-7-22)21(16-34)15-32-11-10-28-14-24(32)3-1-2-20-13-29-26-9-8-23(12-25(20)26)33-17-30-31-18-33/h4-9,12-13,17-18,21,24,28-29,34H,1-3,10-11,14-16H2. The van der Waals surface area contributed by atoms with E-state index in [1.54, 1.807) is 24.8 Å². The van der Waals surface area contributed by atoms with Gasteiger partial charge in [0.2, 0.25) is 0 Å². The summed E-state index contributed by atoms with van der Waals surface area (Å²) >= 11 is 0. The Hall–Kier alpha value is -3.07. The normalized spacial score (nSPS) is 17.9. The number of aliphatic hydroxyl groups excluding tert-OH is 1. The van der Waals surface area contributed by atoms with E-state index in [-0.39, 0.29) is 18.3 Å². The second-order valence-corrected chi connectivity index (χ2v) is 9.09. The monoisotopic (exact) mass is 462 g/mol. The number of aromatic nitrogens is 4. The molecule has 2 aromatic carbocycles. The zero-order valence-electron chi connectivity index (χ0n) is 19.2. The van der Waals surface area contributed by atoms with Crippen molar-refractivity contribution in [2.75, 3.05) is 32.8 Å². The Morgan fingerprint density at radius 1 is 1.12 bits per heavy atom. The molecule has 34 heavy (non-hydrogen) atoms. The Bertz CT molecular complexity index is 1190. The molecule has 0 aliphatic carbocycles. The Labute approximate surface area is 198 Å². The minimum Gasteiger partial charge on any atom is -0.396 e. The third-order valence-electron chi connectivity index (χ3n) is 6.94. The fraction of sp³-hybridized carbons (Fsp3) is 0.385. The summed E-state index contributed by atoms with van der Waals surface area (Å²) in [5.41, 5.74) is 4.50. The van der Waals surface area contributed by atoms with E-state index in [0.717, 1.165) is 62.2 Å². The van der Waals surface area contributed by atoms with Crippen molar-refractivity contribution in [3.8, 4) is 5.69 Å². The number of aromatic amines is 1. The van der Waals surface area contributed by atoms with E-state index in [4.69, 9.17) is 0 Å². The smallest absolute Gasteiger partial charge is 0.123 e. The molecule has 2 atom stereocenters. The fourth-order valence-corrected chi connectivity index (χ4v) is 5.01. The molecular weight excluding hydrogens is 431 g/mol. The Morgan fingerprint density at radius 2 is 1.94 bits per heavy atom. The van der Waals surface area contributed by atoms with Gasteiger partial charge in [-0.05, 0) is 60.7 Å². The molecule has 8 heteroatoms. The van der Waals surface area contributed by atoms with Crippen LogP contribution in [0.2, 0.25) is 0 Å². The lowest BCUT2D eigenvalue weighted by Gasteiger charge is -2.38. The lowest BCUT2D eigenvalue weighted by Crippen LogP contribution is -2.52. The molecule has 1 aliphatic rings. The fourth-order valence-electron chi connectivity index (χ4n) is 5.01. The van der Waals surface area contributed by atoms with Crippen LogP contribution in [0.1, 0.15) is 29.9 Å². The van der Waals surface area contributed by atoms with E-state index in [0.29, 0.717) is 6.04 Å². The first-order valence-corrected chi connectivity index (χ1v) is 12.0. The summed E-state index contributed by atoms with van der Waals surface area (Å²) < 4.78 is 15.2. The average Bonchev–Trinajstić information content (AvgIpc) is 3.54. The van der Waals surface area contributed by atoms with Crippen LogP contribution < -0.4 is 5.32 Å². The van der Waals surface area contributed by atoms with Gasteiger partial charge >= 0.3 is 0 Å². The number of rotatable bonds is 9. The van der Waals surface area contributed by atoms with Gasteiger partial charge in [-0.1, -0.05) is 12.1 Å². The highest BCUT2D eigenvalue weighted by Gasteiger charge is 2.25. The highest BCUT2D eigenvalue weighted by Crippen LogP contribution is 2.25. The number of piperazine rings is 1. The molecule has 0 radical (unpaired) electrons. The minimum absolute atomic E-state index is 0.00842. The first-order chi connectivity index (χ1) is 16.7. The number of halogens is 1. The molecule has 3 N–H and O–H groups in total. The first-order valence-electron chi connectivity index (χ1n) is 12.0. The zero-order chi connectivity index (χ0) is 23.3. The summed E-state index contributed by atoms with van der Waals surface area (Å²) in [5, 5.41) is 22.6. The largest absolute Gasteiger partial charge is 0.396 e. The number of nitrogens with one attached hydrogen (secondary N) is 2. The number of aliphatic hydroxyl groups is 1. The number of hydrogen-bond donors (Lipinski definition) is 3. The van der Waals surface area contributed by atoms with Gasteiger partial charge in [-0.25, -0.2) is 4.39 Å². The van der Waals surface area contributed by atoms with Gasteiger partial charge in [-0.2, -0.15) is 0 Å². The van der Waals surface area contributed by atoms with Crippen LogP contribution in [0.4, 0.5) is 4.39 Å². The molecule has 2 aromatic heterocycles. The van der Waals surface area contributed by atoms with Crippen LogP contribution in [-0.4, -0.2) is 68.6 Å². The van der Waals surface area contributed by atoms with Crippen molar-refractivity contribution in [2.24, 2.45) is 0 Å². The van der Waals surface area contributed by atoms with Gasteiger partial charge in [0.1, 0.15) is 18.5 Å². The molecular formula is C26H31FN6O. The van der Waals surface area contributed by atoms with Crippen molar-refractivity contribution >= 4 is 10.9 Å².